The number of unbranched alkanes of at least 4 members (excludes halogenated alkanes) is 2. The minimum Gasteiger partial charge on any atom is -0.492 e. The summed E-state index contributed by atoms with van der Waals surface area (Å²) in [6.45, 7) is 6.44. The number of carbonyl (C=O) groups is 2. The fourth-order valence-corrected chi connectivity index (χ4v) is 3.60. The van der Waals surface area contributed by atoms with E-state index in [-0.39, 0.29) is 5.92 Å². The number of hydrogen-bond donors (Lipinski definition) is 0. The normalized spacial score (nSPS) is 11.7. The quantitative estimate of drug-likeness (QED) is 0.109. The Bertz CT molecular complexity index is 1160. The Labute approximate surface area is 222 Å². The van der Waals surface area contributed by atoms with Crippen molar-refractivity contribution in [2.75, 3.05) is 6.61 Å². The van der Waals surface area contributed by atoms with Crippen molar-refractivity contribution < 1.29 is 23.8 Å². The van der Waals surface area contributed by atoms with Gasteiger partial charge in [-0.25, -0.2) is 4.79 Å². The molecule has 0 aliphatic carbocycles. The molecular weight excluding hydrogens is 499 g/mol. The first kappa shape index (κ1) is 27.6. The molecule has 1 atom stereocenters. The largest absolute Gasteiger partial charge is 0.492 e. The predicted molar refractivity (Wildman–Crippen MR) is 143 cm³/mol. The van der Waals surface area contributed by atoms with Crippen molar-refractivity contribution in [3.05, 3.63) is 77.3 Å². The first-order valence-electron chi connectivity index (χ1n) is 12.0. The lowest BCUT2D eigenvalue weighted by Crippen LogP contribution is -2.25. The van der Waals surface area contributed by atoms with Gasteiger partial charge in [0, 0.05) is 0 Å². The highest BCUT2D eigenvalue weighted by atomic mass is 35.5. The average Bonchev–Trinajstić information content (AvgIpc) is 2.87. The fraction of sp³-hybridized carbons (Fsp3) is 0.310. The van der Waals surface area contributed by atoms with Gasteiger partial charge in [-0.2, -0.15) is 0 Å². The maximum absolute atomic E-state index is 12.6. The standard InChI is InChI=1S/C29H30Cl2O5/c1-4-5-6-17-34-26-16-11-22(18-25(26)30)28(32)35-23-12-7-20(8-13-23)21-9-14-24(15-10-21)36-29(33)27(31)19(2)3/h7-16,18-19,27H,4-6,17H2,1-3H3. The zero-order valence-electron chi connectivity index (χ0n) is 20.6. The second-order valence-electron chi connectivity index (χ2n) is 8.71. The maximum atomic E-state index is 12.6. The first-order chi connectivity index (χ1) is 17.3. The third-order valence-electron chi connectivity index (χ3n) is 5.45. The van der Waals surface area contributed by atoms with Crippen LogP contribution in [0.15, 0.2) is 66.7 Å². The number of halogens is 2. The van der Waals surface area contributed by atoms with Gasteiger partial charge in [-0.3, -0.25) is 4.79 Å². The molecule has 0 bridgehead atoms. The Morgan fingerprint density at radius 1 is 0.833 bits per heavy atom. The summed E-state index contributed by atoms with van der Waals surface area (Å²) in [5.74, 6) is 0.394. The summed E-state index contributed by atoms with van der Waals surface area (Å²) < 4.78 is 16.5. The molecule has 0 N–H and O–H groups in total. The van der Waals surface area contributed by atoms with Gasteiger partial charge in [0.05, 0.1) is 17.2 Å². The van der Waals surface area contributed by atoms with E-state index in [0.717, 1.165) is 30.4 Å². The van der Waals surface area contributed by atoms with Crippen molar-refractivity contribution >= 4 is 35.1 Å². The van der Waals surface area contributed by atoms with Crippen LogP contribution < -0.4 is 14.2 Å². The molecule has 3 rings (SSSR count). The van der Waals surface area contributed by atoms with Crippen molar-refractivity contribution in [3.8, 4) is 28.4 Å². The lowest BCUT2D eigenvalue weighted by Gasteiger charge is -2.12. The van der Waals surface area contributed by atoms with Crippen LogP contribution in [0.25, 0.3) is 11.1 Å². The van der Waals surface area contributed by atoms with E-state index < -0.39 is 17.3 Å². The molecule has 0 radical (unpaired) electrons. The van der Waals surface area contributed by atoms with E-state index in [4.69, 9.17) is 37.4 Å². The number of alkyl halides is 1. The minimum atomic E-state index is -0.697. The van der Waals surface area contributed by atoms with E-state index in [1.165, 1.54) is 0 Å². The summed E-state index contributed by atoms with van der Waals surface area (Å²) in [5.41, 5.74) is 2.17. The number of ether oxygens (including phenoxy) is 3. The van der Waals surface area contributed by atoms with Gasteiger partial charge in [0.1, 0.15) is 22.6 Å². The molecule has 5 nitrogen and oxygen atoms in total. The van der Waals surface area contributed by atoms with E-state index in [1.807, 2.05) is 38.1 Å². The van der Waals surface area contributed by atoms with Crippen molar-refractivity contribution in [1.82, 2.24) is 0 Å². The molecule has 0 aromatic heterocycles. The molecule has 1 unspecified atom stereocenters. The molecule has 36 heavy (non-hydrogen) atoms. The smallest absolute Gasteiger partial charge is 0.343 e. The van der Waals surface area contributed by atoms with Gasteiger partial charge in [-0.1, -0.05) is 69.5 Å². The van der Waals surface area contributed by atoms with Crippen LogP contribution in [0.1, 0.15) is 50.4 Å². The van der Waals surface area contributed by atoms with Crippen LogP contribution in [0.2, 0.25) is 5.02 Å². The molecule has 3 aromatic rings. The van der Waals surface area contributed by atoms with Crippen LogP contribution in [-0.2, 0) is 4.79 Å². The summed E-state index contributed by atoms with van der Waals surface area (Å²) in [4.78, 5) is 24.6. The molecule has 0 aliphatic rings. The Morgan fingerprint density at radius 2 is 1.42 bits per heavy atom. The molecule has 7 heteroatoms. The Morgan fingerprint density at radius 3 is 1.94 bits per heavy atom. The van der Waals surface area contributed by atoms with E-state index in [9.17, 15) is 9.59 Å². The van der Waals surface area contributed by atoms with E-state index in [2.05, 4.69) is 6.92 Å². The van der Waals surface area contributed by atoms with Gasteiger partial charge >= 0.3 is 11.9 Å². The Hall–Kier alpha value is -3.02. The summed E-state index contributed by atoms with van der Waals surface area (Å²) in [6, 6.07) is 19.1. The SMILES string of the molecule is CCCCCOc1ccc(C(=O)Oc2ccc(-c3ccc(OC(=O)C(Cl)C(C)C)cc3)cc2)cc1Cl. The molecule has 0 saturated heterocycles. The molecule has 0 saturated carbocycles. The molecule has 0 fully saturated rings. The monoisotopic (exact) mass is 528 g/mol. The predicted octanol–water partition coefficient (Wildman–Crippen LogP) is 7.96. The third kappa shape index (κ3) is 7.74. The van der Waals surface area contributed by atoms with Crippen molar-refractivity contribution in [2.45, 2.75) is 45.4 Å². The molecule has 0 amide bonds. The van der Waals surface area contributed by atoms with Crippen molar-refractivity contribution in [3.63, 3.8) is 0 Å². The number of rotatable bonds is 11. The Balaban J connectivity index is 1.58. The maximum Gasteiger partial charge on any atom is 0.343 e. The van der Waals surface area contributed by atoms with Gasteiger partial charge < -0.3 is 14.2 Å². The second-order valence-corrected chi connectivity index (χ2v) is 9.58. The van der Waals surface area contributed by atoms with Crippen LogP contribution in [-0.4, -0.2) is 23.9 Å². The molecule has 0 heterocycles. The first-order valence-corrected chi connectivity index (χ1v) is 12.8. The van der Waals surface area contributed by atoms with E-state index in [1.54, 1.807) is 42.5 Å². The van der Waals surface area contributed by atoms with E-state index in [0.29, 0.717) is 34.4 Å². The highest BCUT2D eigenvalue weighted by molar-refractivity contribution is 6.32. The topological polar surface area (TPSA) is 61.8 Å². The summed E-state index contributed by atoms with van der Waals surface area (Å²) >= 11 is 12.3. The summed E-state index contributed by atoms with van der Waals surface area (Å²) in [6.07, 6.45) is 3.16. The van der Waals surface area contributed by atoms with Gasteiger partial charge in [0.25, 0.3) is 0 Å². The highest BCUT2D eigenvalue weighted by Crippen LogP contribution is 2.28. The van der Waals surface area contributed by atoms with Crippen molar-refractivity contribution in [2.24, 2.45) is 5.92 Å². The van der Waals surface area contributed by atoms with Gasteiger partial charge in [0.2, 0.25) is 0 Å². The summed E-state index contributed by atoms with van der Waals surface area (Å²) in [7, 11) is 0. The fourth-order valence-electron chi connectivity index (χ4n) is 3.32. The zero-order chi connectivity index (χ0) is 26.1. The van der Waals surface area contributed by atoms with Gasteiger partial charge in [-0.15, -0.1) is 11.6 Å². The molecule has 190 valence electrons. The lowest BCUT2D eigenvalue weighted by atomic mass is 10.1. The second kappa shape index (κ2) is 13.3. The number of esters is 2. The molecule has 0 spiro atoms. The van der Waals surface area contributed by atoms with Crippen LogP contribution in [0.3, 0.4) is 0 Å². The zero-order valence-corrected chi connectivity index (χ0v) is 22.1. The van der Waals surface area contributed by atoms with Crippen LogP contribution in [0.4, 0.5) is 0 Å². The Kier molecular flexibility index (Phi) is 10.2. The van der Waals surface area contributed by atoms with Gasteiger partial charge in [-0.05, 0) is 65.9 Å². The lowest BCUT2D eigenvalue weighted by molar-refractivity contribution is -0.134. The third-order valence-corrected chi connectivity index (χ3v) is 6.43. The van der Waals surface area contributed by atoms with Gasteiger partial charge in [0.15, 0.2) is 0 Å². The number of carbonyl (C=O) groups excluding carboxylic acids is 2. The average molecular weight is 529 g/mol. The molecule has 0 aliphatic heterocycles. The van der Waals surface area contributed by atoms with E-state index >= 15 is 0 Å². The van der Waals surface area contributed by atoms with Crippen LogP contribution >= 0.6 is 23.2 Å². The number of hydrogen-bond acceptors (Lipinski definition) is 5. The minimum absolute atomic E-state index is 0.0169. The number of benzene rings is 3. The highest BCUT2D eigenvalue weighted by Gasteiger charge is 2.21. The molecule has 3 aromatic carbocycles. The van der Waals surface area contributed by atoms with Crippen LogP contribution in [0, 0.1) is 5.92 Å². The summed E-state index contributed by atoms with van der Waals surface area (Å²) in [5, 5.41) is -0.325. The van der Waals surface area contributed by atoms with Crippen LogP contribution in [0.5, 0.6) is 17.2 Å². The molecular formula is C29H30Cl2O5. The van der Waals surface area contributed by atoms with Crippen molar-refractivity contribution in [1.29, 1.82) is 0 Å².